The van der Waals surface area contributed by atoms with Gasteiger partial charge in [-0.2, -0.15) is 0 Å². The third-order valence-electron chi connectivity index (χ3n) is 5.05. The van der Waals surface area contributed by atoms with Crippen molar-refractivity contribution < 1.29 is 9.59 Å². The Morgan fingerprint density at radius 3 is 2.43 bits per heavy atom. The zero-order valence-corrected chi connectivity index (χ0v) is 17.6. The normalized spacial score (nSPS) is 14.9. The second-order valence-corrected chi connectivity index (χ2v) is 8.28. The number of hydrogen-bond acceptors (Lipinski definition) is 4. The number of benzene rings is 1. The first kappa shape index (κ1) is 20.6. The van der Waals surface area contributed by atoms with Crippen LogP contribution < -0.4 is 5.32 Å². The highest BCUT2D eigenvalue weighted by Crippen LogP contribution is 2.26. The lowest BCUT2D eigenvalue weighted by molar-refractivity contribution is -0.117. The van der Waals surface area contributed by atoms with Crippen LogP contribution in [-0.4, -0.2) is 54.3 Å². The topological polar surface area (TPSA) is 52.7 Å². The summed E-state index contributed by atoms with van der Waals surface area (Å²) in [6.45, 7) is 7.46. The molecule has 2 heterocycles. The van der Waals surface area contributed by atoms with Crippen LogP contribution in [0.25, 0.3) is 0 Å². The zero-order valence-electron chi connectivity index (χ0n) is 16.7. The quantitative estimate of drug-likeness (QED) is 0.773. The predicted molar refractivity (Wildman–Crippen MR) is 115 cm³/mol. The highest BCUT2D eigenvalue weighted by Gasteiger charge is 2.25. The van der Waals surface area contributed by atoms with Crippen LogP contribution in [0.2, 0.25) is 0 Å². The summed E-state index contributed by atoms with van der Waals surface area (Å²) in [6, 6.07) is 11.6. The van der Waals surface area contributed by atoms with E-state index in [-0.39, 0.29) is 11.8 Å². The van der Waals surface area contributed by atoms with Gasteiger partial charge in [0.2, 0.25) is 5.91 Å². The number of rotatable bonds is 7. The van der Waals surface area contributed by atoms with Gasteiger partial charge < -0.3 is 10.2 Å². The molecule has 0 radical (unpaired) electrons. The molecule has 1 aromatic heterocycles. The van der Waals surface area contributed by atoms with E-state index in [0.29, 0.717) is 19.6 Å². The lowest BCUT2D eigenvalue weighted by Gasteiger charge is -2.34. The van der Waals surface area contributed by atoms with Crippen molar-refractivity contribution in [2.24, 2.45) is 0 Å². The van der Waals surface area contributed by atoms with Gasteiger partial charge in [-0.3, -0.25) is 14.5 Å². The summed E-state index contributed by atoms with van der Waals surface area (Å²) in [6.07, 6.45) is 3.12. The molecule has 1 aliphatic rings. The Kier molecular flexibility index (Phi) is 7.23. The molecule has 1 aliphatic heterocycles. The van der Waals surface area contributed by atoms with Gasteiger partial charge in [0.1, 0.15) is 0 Å². The summed E-state index contributed by atoms with van der Waals surface area (Å²) >= 11 is 1.65. The smallest absolute Gasteiger partial charge is 0.264 e. The summed E-state index contributed by atoms with van der Waals surface area (Å²) < 4.78 is 0. The van der Waals surface area contributed by atoms with Crippen LogP contribution in [0, 0.1) is 0 Å². The van der Waals surface area contributed by atoms with Crippen molar-refractivity contribution in [3.05, 3.63) is 51.7 Å². The van der Waals surface area contributed by atoms with Crippen molar-refractivity contribution in [2.75, 3.05) is 38.0 Å². The number of hydrogen-bond donors (Lipinski definition) is 1. The monoisotopic (exact) mass is 399 g/mol. The fourth-order valence-corrected chi connectivity index (χ4v) is 4.82. The van der Waals surface area contributed by atoms with Gasteiger partial charge in [-0.1, -0.05) is 38.5 Å². The fourth-order valence-electron chi connectivity index (χ4n) is 3.50. The molecule has 0 saturated carbocycles. The standard InChI is InChI=1S/C22H29N3O2S/c1-3-8-19-17(4-2)15-20(28-19)22(27)25-13-11-24(12-14-25)16-21(26)23-18-9-6-5-7-10-18/h5-7,9-10,15H,3-4,8,11-14,16H2,1-2H3,(H,23,26). The van der Waals surface area contributed by atoms with Crippen molar-refractivity contribution in [1.82, 2.24) is 9.80 Å². The molecule has 1 saturated heterocycles. The van der Waals surface area contributed by atoms with Crippen molar-refractivity contribution in [2.45, 2.75) is 33.1 Å². The molecule has 6 heteroatoms. The number of nitrogens with zero attached hydrogens (tertiary/aromatic N) is 2. The molecule has 5 nitrogen and oxygen atoms in total. The second-order valence-electron chi connectivity index (χ2n) is 7.15. The van der Waals surface area contributed by atoms with E-state index in [9.17, 15) is 9.59 Å². The van der Waals surface area contributed by atoms with Gasteiger partial charge in [-0.05, 0) is 36.6 Å². The van der Waals surface area contributed by atoms with Crippen LogP contribution in [0.4, 0.5) is 5.69 Å². The van der Waals surface area contributed by atoms with Gasteiger partial charge in [0.15, 0.2) is 0 Å². The zero-order chi connectivity index (χ0) is 19.9. The SMILES string of the molecule is CCCc1sc(C(=O)N2CCN(CC(=O)Nc3ccccc3)CC2)cc1CC. The maximum Gasteiger partial charge on any atom is 0.264 e. The van der Waals surface area contributed by atoms with E-state index in [1.54, 1.807) is 11.3 Å². The van der Waals surface area contributed by atoms with E-state index in [0.717, 1.165) is 42.9 Å². The minimum absolute atomic E-state index is 0.0129. The van der Waals surface area contributed by atoms with Crippen LogP contribution in [0.5, 0.6) is 0 Å². The van der Waals surface area contributed by atoms with Gasteiger partial charge in [-0.25, -0.2) is 0 Å². The first-order valence-electron chi connectivity index (χ1n) is 10.1. The maximum absolute atomic E-state index is 12.9. The first-order valence-corrected chi connectivity index (χ1v) is 10.9. The van der Waals surface area contributed by atoms with Gasteiger partial charge in [-0.15, -0.1) is 11.3 Å². The number of carbonyl (C=O) groups is 2. The van der Waals surface area contributed by atoms with E-state index in [2.05, 4.69) is 30.1 Å². The van der Waals surface area contributed by atoms with E-state index >= 15 is 0 Å². The molecule has 1 fully saturated rings. The minimum atomic E-state index is -0.0129. The van der Waals surface area contributed by atoms with Gasteiger partial charge in [0.05, 0.1) is 11.4 Å². The Hall–Kier alpha value is -2.18. The number of carbonyl (C=O) groups excluding carboxylic acids is 2. The van der Waals surface area contributed by atoms with E-state index < -0.39 is 0 Å². The van der Waals surface area contributed by atoms with E-state index in [1.165, 1.54) is 10.4 Å². The minimum Gasteiger partial charge on any atom is -0.335 e. The summed E-state index contributed by atoms with van der Waals surface area (Å²) in [4.78, 5) is 31.4. The van der Waals surface area contributed by atoms with Crippen molar-refractivity contribution in [1.29, 1.82) is 0 Å². The molecule has 1 aromatic carbocycles. The molecule has 28 heavy (non-hydrogen) atoms. The average molecular weight is 400 g/mol. The second kappa shape index (κ2) is 9.85. The Labute approximate surface area is 171 Å². The molecule has 2 aromatic rings. The van der Waals surface area contributed by atoms with Crippen LogP contribution in [0.1, 0.15) is 40.4 Å². The number of anilines is 1. The number of thiophene rings is 1. The number of nitrogens with one attached hydrogen (secondary N) is 1. The maximum atomic E-state index is 12.9. The molecule has 1 N–H and O–H groups in total. The molecule has 0 spiro atoms. The first-order chi connectivity index (χ1) is 13.6. The van der Waals surface area contributed by atoms with Crippen molar-refractivity contribution >= 4 is 28.8 Å². The largest absolute Gasteiger partial charge is 0.335 e. The Bertz CT molecular complexity index is 795. The number of aryl methyl sites for hydroxylation is 2. The molecule has 2 amide bonds. The Balaban J connectivity index is 1.50. The molecule has 150 valence electrons. The number of piperazine rings is 1. The molecule has 0 unspecified atom stereocenters. The van der Waals surface area contributed by atoms with Gasteiger partial charge >= 0.3 is 0 Å². The lowest BCUT2D eigenvalue weighted by atomic mass is 10.1. The fraction of sp³-hybridized carbons (Fsp3) is 0.455. The molecular formula is C22H29N3O2S. The highest BCUT2D eigenvalue weighted by atomic mass is 32.1. The predicted octanol–water partition coefficient (Wildman–Crippen LogP) is 3.66. The van der Waals surface area contributed by atoms with Crippen LogP contribution in [0.15, 0.2) is 36.4 Å². The summed E-state index contributed by atoms with van der Waals surface area (Å²) in [7, 11) is 0. The molecule has 3 rings (SSSR count). The Morgan fingerprint density at radius 1 is 1.07 bits per heavy atom. The van der Waals surface area contributed by atoms with E-state index in [1.807, 2.05) is 35.2 Å². The van der Waals surface area contributed by atoms with E-state index in [4.69, 9.17) is 0 Å². The summed E-state index contributed by atoms with van der Waals surface area (Å²) in [5.41, 5.74) is 2.13. The van der Waals surface area contributed by atoms with Crippen LogP contribution in [-0.2, 0) is 17.6 Å². The Morgan fingerprint density at radius 2 is 1.79 bits per heavy atom. The summed E-state index contributed by atoms with van der Waals surface area (Å²) in [5, 5.41) is 2.92. The van der Waals surface area contributed by atoms with Gasteiger partial charge in [0, 0.05) is 36.7 Å². The average Bonchev–Trinajstić information content (AvgIpc) is 3.12. The highest BCUT2D eigenvalue weighted by molar-refractivity contribution is 7.14. The van der Waals surface area contributed by atoms with Crippen molar-refractivity contribution in [3.63, 3.8) is 0 Å². The molecule has 0 bridgehead atoms. The number of amides is 2. The third-order valence-corrected chi connectivity index (χ3v) is 6.27. The van der Waals surface area contributed by atoms with Crippen LogP contribution >= 0.6 is 11.3 Å². The summed E-state index contributed by atoms with van der Waals surface area (Å²) in [5.74, 6) is 0.122. The lowest BCUT2D eigenvalue weighted by Crippen LogP contribution is -2.50. The molecule has 0 aliphatic carbocycles. The number of para-hydroxylation sites is 1. The van der Waals surface area contributed by atoms with Crippen molar-refractivity contribution in [3.8, 4) is 0 Å². The molecule has 0 atom stereocenters. The molecular weight excluding hydrogens is 370 g/mol. The van der Waals surface area contributed by atoms with Gasteiger partial charge in [0.25, 0.3) is 5.91 Å². The third kappa shape index (κ3) is 5.20. The van der Waals surface area contributed by atoms with Crippen LogP contribution in [0.3, 0.4) is 0 Å².